The number of benzene rings is 3. The average molecular weight is 403 g/mol. The average Bonchev–Trinajstić information content (AvgIpc) is 2.68. The largest absolute Gasteiger partial charge is 0.480 e. The number of aliphatic carboxylic acids is 1. The number of carbonyl (C=O) groups excluding carboxylic acids is 1. The molecule has 0 aliphatic rings. The highest BCUT2D eigenvalue weighted by molar-refractivity contribution is 6.04. The maximum Gasteiger partial charge on any atom is 0.411 e. The van der Waals surface area contributed by atoms with E-state index in [0.29, 0.717) is 0 Å². The van der Waals surface area contributed by atoms with Crippen molar-refractivity contribution in [3.8, 4) is 11.8 Å². The van der Waals surface area contributed by atoms with Crippen LogP contribution in [0.25, 0.3) is 21.5 Å². The van der Waals surface area contributed by atoms with Crippen molar-refractivity contribution in [2.45, 2.75) is 39.3 Å². The number of amides is 1. The molecular weight excluding hydrogens is 378 g/mol. The molecule has 0 heterocycles. The van der Waals surface area contributed by atoms with Crippen molar-refractivity contribution in [3.63, 3.8) is 0 Å². The molecule has 154 valence electrons. The van der Waals surface area contributed by atoms with Gasteiger partial charge in [0.2, 0.25) is 0 Å². The van der Waals surface area contributed by atoms with Crippen LogP contribution in [0.2, 0.25) is 0 Å². The molecule has 0 aromatic heterocycles. The fourth-order valence-electron chi connectivity index (χ4n) is 3.17. The third-order valence-electron chi connectivity index (χ3n) is 4.69. The molecule has 5 nitrogen and oxygen atoms in total. The molecule has 0 aliphatic carbocycles. The summed E-state index contributed by atoms with van der Waals surface area (Å²) in [5.74, 6) is 5.07. The van der Waals surface area contributed by atoms with Gasteiger partial charge in [-0.25, -0.2) is 9.59 Å². The van der Waals surface area contributed by atoms with Gasteiger partial charge in [-0.2, -0.15) is 0 Å². The first-order chi connectivity index (χ1) is 14.2. The predicted octanol–water partition coefficient (Wildman–Crippen LogP) is 5.05. The third kappa shape index (κ3) is 4.72. The van der Waals surface area contributed by atoms with Crippen LogP contribution < -0.4 is 0 Å². The molecule has 0 saturated heterocycles. The van der Waals surface area contributed by atoms with Gasteiger partial charge < -0.3 is 9.84 Å². The van der Waals surface area contributed by atoms with Gasteiger partial charge in [0.05, 0.1) is 6.54 Å². The van der Waals surface area contributed by atoms with Crippen LogP contribution in [0.5, 0.6) is 0 Å². The minimum absolute atomic E-state index is 0.0556. The molecule has 1 atom stereocenters. The van der Waals surface area contributed by atoms with Gasteiger partial charge in [0.25, 0.3) is 0 Å². The lowest BCUT2D eigenvalue weighted by Gasteiger charge is -2.28. The second kappa shape index (κ2) is 8.46. The Bertz CT molecular complexity index is 1110. The molecule has 0 spiro atoms. The van der Waals surface area contributed by atoms with Crippen LogP contribution >= 0.6 is 0 Å². The van der Waals surface area contributed by atoms with Crippen molar-refractivity contribution in [2.75, 3.05) is 6.54 Å². The van der Waals surface area contributed by atoms with Gasteiger partial charge in [0.1, 0.15) is 11.6 Å². The van der Waals surface area contributed by atoms with Crippen molar-refractivity contribution in [1.29, 1.82) is 0 Å². The Kier molecular flexibility index (Phi) is 5.98. The fraction of sp³-hybridized carbons (Fsp3) is 0.280. The molecule has 3 aromatic carbocycles. The zero-order valence-electron chi connectivity index (χ0n) is 17.6. The number of carboxylic acid groups (broad SMARTS) is 1. The number of ether oxygens (including phenoxy) is 1. The standard InChI is InChI=1S/C25H25NO4/c1-17(23(27)28)26(24(29)30-25(2,3)4)15-9-14-22-20-12-7-5-10-18(20)16-19-11-6-8-13-21(19)22/h5-8,10-13,16-17H,15H2,1-4H3,(H,27,28)/t17-/m0/s1. The number of rotatable bonds is 3. The molecule has 0 radical (unpaired) electrons. The van der Waals surface area contributed by atoms with Crippen molar-refractivity contribution in [1.82, 2.24) is 4.90 Å². The van der Waals surface area contributed by atoms with E-state index in [9.17, 15) is 14.7 Å². The Labute approximate surface area is 176 Å². The number of fused-ring (bicyclic) bond motifs is 2. The van der Waals surface area contributed by atoms with Crippen molar-refractivity contribution < 1.29 is 19.4 Å². The zero-order chi connectivity index (χ0) is 21.9. The predicted molar refractivity (Wildman–Crippen MR) is 118 cm³/mol. The molecule has 3 aromatic rings. The maximum atomic E-state index is 12.5. The Balaban J connectivity index is 2.01. The molecule has 0 bridgehead atoms. The summed E-state index contributed by atoms with van der Waals surface area (Å²) in [5.41, 5.74) is 0.128. The first-order valence-corrected chi connectivity index (χ1v) is 9.79. The van der Waals surface area contributed by atoms with Crippen LogP contribution in [0.1, 0.15) is 33.3 Å². The molecular formula is C25H25NO4. The van der Waals surface area contributed by atoms with Crippen molar-refractivity contribution in [2.24, 2.45) is 0 Å². The fourth-order valence-corrected chi connectivity index (χ4v) is 3.17. The van der Waals surface area contributed by atoms with E-state index >= 15 is 0 Å². The minimum atomic E-state index is -1.11. The van der Waals surface area contributed by atoms with Gasteiger partial charge in [0.15, 0.2) is 0 Å². The lowest BCUT2D eigenvalue weighted by molar-refractivity contribution is -0.142. The number of carbonyl (C=O) groups is 2. The zero-order valence-corrected chi connectivity index (χ0v) is 17.6. The van der Waals surface area contributed by atoms with Crippen LogP contribution in [0.3, 0.4) is 0 Å². The normalized spacial score (nSPS) is 12.1. The Morgan fingerprint density at radius 3 is 2.07 bits per heavy atom. The van der Waals surface area contributed by atoms with E-state index in [1.807, 2.05) is 48.5 Å². The minimum Gasteiger partial charge on any atom is -0.480 e. The highest BCUT2D eigenvalue weighted by atomic mass is 16.6. The molecule has 0 aliphatic heterocycles. The summed E-state index contributed by atoms with van der Waals surface area (Å²) in [5, 5.41) is 13.6. The number of hydrogen-bond donors (Lipinski definition) is 1. The van der Waals surface area contributed by atoms with Gasteiger partial charge in [-0.05, 0) is 55.3 Å². The monoisotopic (exact) mass is 403 g/mol. The summed E-state index contributed by atoms with van der Waals surface area (Å²) in [4.78, 5) is 25.2. The Morgan fingerprint density at radius 2 is 1.57 bits per heavy atom. The number of carboxylic acids is 1. The summed E-state index contributed by atoms with van der Waals surface area (Å²) in [6.07, 6.45) is -0.700. The van der Waals surface area contributed by atoms with E-state index in [-0.39, 0.29) is 6.54 Å². The highest BCUT2D eigenvalue weighted by Gasteiger charge is 2.29. The highest BCUT2D eigenvalue weighted by Crippen LogP contribution is 2.27. The van der Waals surface area contributed by atoms with Crippen molar-refractivity contribution >= 4 is 33.6 Å². The maximum absolute atomic E-state index is 12.5. The number of nitrogens with zero attached hydrogens (tertiary/aromatic N) is 1. The first-order valence-electron chi connectivity index (χ1n) is 9.79. The van der Waals surface area contributed by atoms with Gasteiger partial charge >= 0.3 is 12.1 Å². The molecule has 0 unspecified atom stereocenters. The first kappa shape index (κ1) is 21.2. The van der Waals surface area contributed by atoms with Crippen LogP contribution in [-0.4, -0.2) is 40.3 Å². The quantitative estimate of drug-likeness (QED) is 0.491. The van der Waals surface area contributed by atoms with E-state index in [1.54, 1.807) is 20.8 Å². The Morgan fingerprint density at radius 1 is 1.03 bits per heavy atom. The second-order valence-electron chi connectivity index (χ2n) is 8.12. The number of hydrogen-bond acceptors (Lipinski definition) is 3. The van der Waals surface area contributed by atoms with Crippen LogP contribution in [0.4, 0.5) is 4.79 Å². The topological polar surface area (TPSA) is 66.8 Å². The van der Waals surface area contributed by atoms with Crippen molar-refractivity contribution in [3.05, 3.63) is 60.2 Å². The van der Waals surface area contributed by atoms with E-state index in [0.717, 1.165) is 32.0 Å². The van der Waals surface area contributed by atoms with Gasteiger partial charge in [-0.3, -0.25) is 4.90 Å². The third-order valence-corrected chi connectivity index (χ3v) is 4.69. The Hall–Kier alpha value is -3.52. The summed E-state index contributed by atoms with van der Waals surface area (Å²) in [6, 6.07) is 17.0. The molecule has 0 fully saturated rings. The second-order valence-corrected chi connectivity index (χ2v) is 8.12. The molecule has 1 N–H and O–H groups in total. The summed E-state index contributed by atoms with van der Waals surface area (Å²) >= 11 is 0. The SMILES string of the molecule is C[C@@H](C(=O)O)N(CC#Cc1c2ccccc2cc2ccccc12)C(=O)OC(C)(C)C. The van der Waals surface area contributed by atoms with Crippen LogP contribution in [0.15, 0.2) is 54.6 Å². The van der Waals surface area contributed by atoms with Gasteiger partial charge in [-0.1, -0.05) is 60.4 Å². The van der Waals surface area contributed by atoms with Crippen LogP contribution in [-0.2, 0) is 9.53 Å². The van der Waals surface area contributed by atoms with E-state index < -0.39 is 23.7 Å². The molecule has 0 saturated carbocycles. The lowest BCUT2D eigenvalue weighted by atomic mass is 9.97. The smallest absolute Gasteiger partial charge is 0.411 e. The van der Waals surface area contributed by atoms with E-state index in [4.69, 9.17) is 4.74 Å². The lowest BCUT2D eigenvalue weighted by Crippen LogP contribution is -2.45. The molecule has 3 rings (SSSR count). The van der Waals surface area contributed by atoms with E-state index in [2.05, 4.69) is 17.9 Å². The summed E-state index contributed by atoms with van der Waals surface area (Å²) in [7, 11) is 0. The molecule has 1 amide bonds. The molecule has 30 heavy (non-hydrogen) atoms. The summed E-state index contributed by atoms with van der Waals surface area (Å²) in [6.45, 7) is 6.61. The van der Waals surface area contributed by atoms with E-state index in [1.165, 1.54) is 6.92 Å². The molecule has 5 heteroatoms. The summed E-state index contributed by atoms with van der Waals surface area (Å²) < 4.78 is 5.37. The van der Waals surface area contributed by atoms with Gasteiger partial charge in [0, 0.05) is 5.56 Å². The van der Waals surface area contributed by atoms with Gasteiger partial charge in [-0.15, -0.1) is 0 Å². The van der Waals surface area contributed by atoms with Crippen LogP contribution in [0, 0.1) is 11.8 Å².